The van der Waals surface area contributed by atoms with Gasteiger partial charge in [0.1, 0.15) is 6.10 Å². The molecular formula is C22H35IN4O3. The van der Waals surface area contributed by atoms with Crippen LogP contribution in [-0.4, -0.2) is 82.2 Å². The lowest BCUT2D eigenvalue weighted by Crippen LogP contribution is -2.53. The molecule has 1 N–H and O–H groups in total. The SMILES string of the molecule is CCNC(=NCc1ccc(N2CCOCC2)cc1)N1CCOC(C2CCCO2)C1.I. The van der Waals surface area contributed by atoms with Gasteiger partial charge in [0.05, 0.1) is 32.5 Å². The first kappa shape index (κ1) is 23.6. The van der Waals surface area contributed by atoms with Crippen molar-refractivity contribution in [2.24, 2.45) is 4.99 Å². The maximum Gasteiger partial charge on any atom is 0.194 e. The van der Waals surface area contributed by atoms with Crippen LogP contribution in [0.3, 0.4) is 0 Å². The van der Waals surface area contributed by atoms with Crippen molar-refractivity contribution in [1.82, 2.24) is 10.2 Å². The molecule has 0 saturated carbocycles. The van der Waals surface area contributed by atoms with Gasteiger partial charge in [-0.1, -0.05) is 12.1 Å². The molecule has 0 bridgehead atoms. The van der Waals surface area contributed by atoms with Crippen molar-refractivity contribution in [2.75, 3.05) is 64.1 Å². The third kappa shape index (κ3) is 6.21. The third-order valence-corrected chi connectivity index (χ3v) is 5.83. The molecule has 8 heteroatoms. The zero-order chi connectivity index (χ0) is 19.9. The van der Waals surface area contributed by atoms with Crippen LogP contribution in [0.15, 0.2) is 29.3 Å². The summed E-state index contributed by atoms with van der Waals surface area (Å²) in [5, 5.41) is 3.45. The summed E-state index contributed by atoms with van der Waals surface area (Å²) in [6.07, 6.45) is 2.61. The Morgan fingerprint density at radius 1 is 1.03 bits per heavy atom. The normalized spacial score (nSPS) is 25.2. The number of halogens is 1. The van der Waals surface area contributed by atoms with Crippen LogP contribution in [-0.2, 0) is 20.8 Å². The summed E-state index contributed by atoms with van der Waals surface area (Å²) >= 11 is 0. The van der Waals surface area contributed by atoms with E-state index in [1.54, 1.807) is 0 Å². The van der Waals surface area contributed by atoms with Crippen LogP contribution in [0.5, 0.6) is 0 Å². The molecule has 0 radical (unpaired) electrons. The molecule has 3 fully saturated rings. The number of guanidine groups is 1. The first-order valence-electron chi connectivity index (χ1n) is 11.0. The van der Waals surface area contributed by atoms with E-state index in [0.717, 1.165) is 78.0 Å². The smallest absolute Gasteiger partial charge is 0.194 e. The number of morpholine rings is 2. The minimum absolute atomic E-state index is 0. The summed E-state index contributed by atoms with van der Waals surface area (Å²) in [5.41, 5.74) is 2.49. The second-order valence-corrected chi connectivity index (χ2v) is 7.84. The summed E-state index contributed by atoms with van der Waals surface area (Å²) in [6.45, 7) is 10.5. The number of rotatable bonds is 5. The molecule has 2 atom stereocenters. The van der Waals surface area contributed by atoms with Crippen molar-refractivity contribution in [3.05, 3.63) is 29.8 Å². The number of benzene rings is 1. The van der Waals surface area contributed by atoms with E-state index in [1.165, 1.54) is 11.3 Å². The molecule has 30 heavy (non-hydrogen) atoms. The Balaban J connectivity index is 0.00000256. The fourth-order valence-electron chi connectivity index (χ4n) is 4.21. The molecule has 2 unspecified atom stereocenters. The highest BCUT2D eigenvalue weighted by Crippen LogP contribution is 2.21. The molecule has 168 valence electrons. The minimum atomic E-state index is 0. The van der Waals surface area contributed by atoms with Gasteiger partial charge in [-0.15, -0.1) is 24.0 Å². The monoisotopic (exact) mass is 530 g/mol. The van der Waals surface area contributed by atoms with Gasteiger partial charge < -0.3 is 29.3 Å². The number of nitrogens with zero attached hydrogens (tertiary/aromatic N) is 3. The first-order valence-corrected chi connectivity index (χ1v) is 11.0. The number of hydrogen-bond acceptors (Lipinski definition) is 5. The number of nitrogens with one attached hydrogen (secondary N) is 1. The number of aliphatic imine (C=N–C) groups is 1. The molecule has 7 nitrogen and oxygen atoms in total. The van der Waals surface area contributed by atoms with E-state index in [0.29, 0.717) is 6.54 Å². The Morgan fingerprint density at radius 3 is 2.50 bits per heavy atom. The highest BCUT2D eigenvalue weighted by molar-refractivity contribution is 14.0. The quantitative estimate of drug-likeness (QED) is 0.359. The fourth-order valence-corrected chi connectivity index (χ4v) is 4.21. The number of anilines is 1. The van der Waals surface area contributed by atoms with Gasteiger partial charge in [0.25, 0.3) is 0 Å². The Bertz CT molecular complexity index is 661. The lowest BCUT2D eigenvalue weighted by atomic mass is 10.1. The zero-order valence-electron chi connectivity index (χ0n) is 17.9. The second-order valence-electron chi connectivity index (χ2n) is 7.84. The lowest BCUT2D eigenvalue weighted by Gasteiger charge is -2.37. The van der Waals surface area contributed by atoms with E-state index < -0.39 is 0 Å². The summed E-state index contributed by atoms with van der Waals surface area (Å²) in [4.78, 5) is 9.61. The summed E-state index contributed by atoms with van der Waals surface area (Å²) in [6, 6.07) is 8.77. The van der Waals surface area contributed by atoms with Crippen LogP contribution in [0.2, 0.25) is 0 Å². The molecule has 3 saturated heterocycles. The van der Waals surface area contributed by atoms with Crippen LogP contribution < -0.4 is 10.2 Å². The second kappa shape index (κ2) is 12.1. The van der Waals surface area contributed by atoms with Gasteiger partial charge in [0, 0.05) is 45.0 Å². The Labute approximate surface area is 197 Å². The molecule has 0 spiro atoms. The fraction of sp³-hybridized carbons (Fsp3) is 0.682. The van der Waals surface area contributed by atoms with Crippen molar-refractivity contribution in [1.29, 1.82) is 0 Å². The maximum atomic E-state index is 5.99. The molecule has 1 aromatic rings. The average Bonchev–Trinajstić information content (AvgIpc) is 3.33. The van der Waals surface area contributed by atoms with Gasteiger partial charge in [-0.2, -0.15) is 0 Å². The zero-order valence-corrected chi connectivity index (χ0v) is 20.3. The standard InChI is InChI=1S/C22H34N4O3.HI/c1-2-23-22(26-11-15-29-21(17-26)20-4-3-12-28-20)24-16-18-5-7-19(8-6-18)25-9-13-27-14-10-25;/h5-8,20-21H,2-4,9-17H2,1H3,(H,23,24);1H. The Hall–Kier alpha value is -1.10. The summed E-state index contributed by atoms with van der Waals surface area (Å²) in [5.74, 6) is 0.969. The highest BCUT2D eigenvalue weighted by Gasteiger charge is 2.32. The van der Waals surface area contributed by atoms with Crippen molar-refractivity contribution in [3.63, 3.8) is 0 Å². The highest BCUT2D eigenvalue weighted by atomic mass is 127. The molecular weight excluding hydrogens is 495 g/mol. The third-order valence-electron chi connectivity index (χ3n) is 5.83. The minimum Gasteiger partial charge on any atom is -0.378 e. The maximum absolute atomic E-state index is 5.99. The van der Waals surface area contributed by atoms with Gasteiger partial charge in [-0.05, 0) is 37.5 Å². The van der Waals surface area contributed by atoms with E-state index in [9.17, 15) is 0 Å². The summed E-state index contributed by atoms with van der Waals surface area (Å²) in [7, 11) is 0. The van der Waals surface area contributed by atoms with Gasteiger partial charge in [-0.25, -0.2) is 4.99 Å². The van der Waals surface area contributed by atoms with Crippen LogP contribution in [0.25, 0.3) is 0 Å². The largest absolute Gasteiger partial charge is 0.378 e. The van der Waals surface area contributed by atoms with Gasteiger partial charge >= 0.3 is 0 Å². The molecule has 0 aromatic heterocycles. The van der Waals surface area contributed by atoms with Crippen molar-refractivity contribution in [2.45, 2.75) is 38.5 Å². The molecule has 3 aliphatic heterocycles. The first-order chi connectivity index (χ1) is 14.3. The molecule has 3 aliphatic rings. The molecule has 4 rings (SSSR count). The Morgan fingerprint density at radius 2 is 1.80 bits per heavy atom. The van der Waals surface area contributed by atoms with E-state index in [1.807, 2.05) is 0 Å². The molecule has 3 heterocycles. The number of ether oxygens (including phenoxy) is 3. The number of hydrogen-bond donors (Lipinski definition) is 1. The van der Waals surface area contributed by atoms with Crippen LogP contribution >= 0.6 is 24.0 Å². The van der Waals surface area contributed by atoms with Crippen molar-refractivity contribution < 1.29 is 14.2 Å². The van der Waals surface area contributed by atoms with E-state index in [2.05, 4.69) is 46.3 Å². The Kier molecular flexibility index (Phi) is 9.48. The van der Waals surface area contributed by atoms with E-state index >= 15 is 0 Å². The molecule has 0 aliphatic carbocycles. The van der Waals surface area contributed by atoms with Gasteiger partial charge in [-0.3, -0.25) is 0 Å². The predicted molar refractivity (Wildman–Crippen MR) is 130 cm³/mol. The van der Waals surface area contributed by atoms with E-state index in [-0.39, 0.29) is 36.2 Å². The topological polar surface area (TPSA) is 58.6 Å². The lowest BCUT2D eigenvalue weighted by molar-refractivity contribution is -0.0817. The van der Waals surface area contributed by atoms with Crippen molar-refractivity contribution in [3.8, 4) is 0 Å². The molecule has 0 amide bonds. The van der Waals surface area contributed by atoms with Crippen LogP contribution in [0.4, 0.5) is 5.69 Å². The summed E-state index contributed by atoms with van der Waals surface area (Å²) < 4.78 is 17.3. The van der Waals surface area contributed by atoms with Gasteiger partial charge in [0.2, 0.25) is 0 Å². The van der Waals surface area contributed by atoms with Crippen LogP contribution in [0.1, 0.15) is 25.3 Å². The molecule has 1 aromatic carbocycles. The predicted octanol–water partition coefficient (Wildman–Crippen LogP) is 2.49. The van der Waals surface area contributed by atoms with Crippen molar-refractivity contribution >= 4 is 35.6 Å². The van der Waals surface area contributed by atoms with Gasteiger partial charge in [0.15, 0.2) is 5.96 Å². The average molecular weight is 530 g/mol. The van der Waals surface area contributed by atoms with Crippen LogP contribution in [0, 0.1) is 0 Å². The van der Waals surface area contributed by atoms with E-state index in [4.69, 9.17) is 19.2 Å².